The highest BCUT2D eigenvalue weighted by atomic mass is 35.5. The van der Waals surface area contributed by atoms with Gasteiger partial charge in [-0.05, 0) is 17.7 Å². The molecule has 6 nitrogen and oxygen atoms in total. The molecule has 0 spiro atoms. The standard InChI is InChI=1S/C15H12Cl3N5O/c16-11-4-19-23(7-11)9-15(24)21-12-5-20-22(8-12)6-10-1-2-13(17)14(18)3-10/h1-5,7-8H,6,9H2,(H,21,24). The molecule has 124 valence electrons. The molecule has 0 aliphatic rings. The van der Waals surface area contributed by atoms with Gasteiger partial charge >= 0.3 is 0 Å². The predicted molar refractivity (Wildman–Crippen MR) is 93.7 cm³/mol. The van der Waals surface area contributed by atoms with Crippen molar-refractivity contribution < 1.29 is 4.79 Å². The zero-order chi connectivity index (χ0) is 17.1. The van der Waals surface area contributed by atoms with E-state index in [0.29, 0.717) is 27.3 Å². The number of carbonyl (C=O) groups excluding carboxylic acids is 1. The summed E-state index contributed by atoms with van der Waals surface area (Å²) in [6.45, 7) is 0.589. The van der Waals surface area contributed by atoms with Gasteiger partial charge in [0.2, 0.25) is 5.91 Å². The number of benzene rings is 1. The van der Waals surface area contributed by atoms with E-state index >= 15 is 0 Å². The third-order valence-corrected chi connectivity index (χ3v) is 4.09. The van der Waals surface area contributed by atoms with Gasteiger partial charge < -0.3 is 5.32 Å². The smallest absolute Gasteiger partial charge is 0.246 e. The van der Waals surface area contributed by atoms with Crippen molar-refractivity contribution in [2.75, 3.05) is 5.32 Å². The number of nitrogens with zero attached hydrogens (tertiary/aromatic N) is 4. The van der Waals surface area contributed by atoms with Gasteiger partial charge in [0.05, 0.1) is 39.7 Å². The topological polar surface area (TPSA) is 64.7 Å². The molecule has 3 rings (SSSR count). The Kier molecular flexibility index (Phi) is 5.08. The van der Waals surface area contributed by atoms with Crippen molar-refractivity contribution in [3.05, 3.63) is 63.6 Å². The summed E-state index contributed by atoms with van der Waals surface area (Å²) in [7, 11) is 0. The van der Waals surface area contributed by atoms with Crippen molar-refractivity contribution in [1.82, 2.24) is 19.6 Å². The highest BCUT2D eigenvalue weighted by Gasteiger charge is 2.07. The van der Waals surface area contributed by atoms with E-state index in [-0.39, 0.29) is 12.5 Å². The molecule has 1 N–H and O–H groups in total. The van der Waals surface area contributed by atoms with Crippen LogP contribution in [-0.4, -0.2) is 25.5 Å². The first kappa shape index (κ1) is 16.8. The molecule has 2 aromatic heterocycles. The third-order valence-electron chi connectivity index (χ3n) is 3.15. The number of carbonyl (C=O) groups is 1. The molecule has 0 unspecified atom stereocenters. The second kappa shape index (κ2) is 7.25. The summed E-state index contributed by atoms with van der Waals surface area (Å²) in [5, 5.41) is 12.4. The highest BCUT2D eigenvalue weighted by molar-refractivity contribution is 6.42. The number of nitrogens with one attached hydrogen (secondary N) is 1. The molecule has 0 fully saturated rings. The Morgan fingerprint density at radius 1 is 1.04 bits per heavy atom. The van der Waals surface area contributed by atoms with Crippen LogP contribution in [0.3, 0.4) is 0 Å². The second-order valence-corrected chi connectivity index (χ2v) is 6.33. The maximum absolute atomic E-state index is 12.0. The number of hydrogen-bond donors (Lipinski definition) is 1. The molecule has 1 amide bonds. The second-order valence-electron chi connectivity index (χ2n) is 5.08. The first-order chi connectivity index (χ1) is 11.5. The Morgan fingerprint density at radius 3 is 2.54 bits per heavy atom. The molecule has 0 aliphatic carbocycles. The van der Waals surface area contributed by atoms with Crippen molar-refractivity contribution in [3.63, 3.8) is 0 Å². The molecule has 1 aromatic carbocycles. The molecule has 2 heterocycles. The fraction of sp³-hybridized carbons (Fsp3) is 0.133. The summed E-state index contributed by atoms with van der Waals surface area (Å²) in [6, 6.07) is 5.39. The molecule has 0 saturated carbocycles. The minimum Gasteiger partial charge on any atom is -0.322 e. The van der Waals surface area contributed by atoms with E-state index in [9.17, 15) is 4.79 Å². The van der Waals surface area contributed by atoms with E-state index in [2.05, 4.69) is 15.5 Å². The van der Waals surface area contributed by atoms with Crippen LogP contribution in [0.25, 0.3) is 0 Å². The van der Waals surface area contributed by atoms with Gasteiger partial charge in [0.15, 0.2) is 0 Å². The van der Waals surface area contributed by atoms with Gasteiger partial charge in [-0.15, -0.1) is 0 Å². The Morgan fingerprint density at radius 2 is 1.83 bits per heavy atom. The molecule has 0 atom stereocenters. The number of hydrogen-bond acceptors (Lipinski definition) is 3. The van der Waals surface area contributed by atoms with E-state index in [1.807, 2.05) is 6.07 Å². The average Bonchev–Trinajstić information content (AvgIpc) is 3.12. The van der Waals surface area contributed by atoms with Crippen LogP contribution >= 0.6 is 34.8 Å². The molecule has 0 saturated heterocycles. The number of halogens is 3. The number of amides is 1. The van der Waals surface area contributed by atoms with Crippen LogP contribution in [0.2, 0.25) is 15.1 Å². The van der Waals surface area contributed by atoms with Crippen LogP contribution in [0, 0.1) is 0 Å². The van der Waals surface area contributed by atoms with E-state index < -0.39 is 0 Å². The molecule has 24 heavy (non-hydrogen) atoms. The summed E-state index contributed by atoms with van der Waals surface area (Å²) in [5.74, 6) is -0.219. The van der Waals surface area contributed by atoms with Crippen molar-refractivity contribution in [1.29, 1.82) is 0 Å². The molecule has 0 radical (unpaired) electrons. The molecular weight excluding hydrogens is 373 g/mol. The lowest BCUT2D eigenvalue weighted by Gasteiger charge is -2.04. The number of anilines is 1. The minimum absolute atomic E-state index is 0.0741. The highest BCUT2D eigenvalue weighted by Crippen LogP contribution is 2.23. The van der Waals surface area contributed by atoms with Gasteiger partial charge in [0.25, 0.3) is 0 Å². The van der Waals surface area contributed by atoms with Crippen molar-refractivity contribution in [3.8, 4) is 0 Å². The summed E-state index contributed by atoms with van der Waals surface area (Å²) in [4.78, 5) is 12.0. The lowest BCUT2D eigenvalue weighted by atomic mass is 10.2. The minimum atomic E-state index is -0.219. The maximum atomic E-state index is 12.0. The Bertz CT molecular complexity index is 874. The van der Waals surface area contributed by atoms with E-state index in [1.165, 1.54) is 10.9 Å². The maximum Gasteiger partial charge on any atom is 0.246 e. The average molecular weight is 385 g/mol. The zero-order valence-electron chi connectivity index (χ0n) is 12.3. The summed E-state index contributed by atoms with van der Waals surface area (Å²) < 4.78 is 3.15. The monoisotopic (exact) mass is 383 g/mol. The van der Waals surface area contributed by atoms with E-state index in [0.717, 1.165) is 5.56 Å². The van der Waals surface area contributed by atoms with Crippen LogP contribution in [0.15, 0.2) is 43.0 Å². The van der Waals surface area contributed by atoms with Gasteiger partial charge in [-0.2, -0.15) is 10.2 Å². The van der Waals surface area contributed by atoms with Crippen LogP contribution in [0.1, 0.15) is 5.56 Å². The largest absolute Gasteiger partial charge is 0.322 e. The quantitative estimate of drug-likeness (QED) is 0.729. The fourth-order valence-electron chi connectivity index (χ4n) is 2.11. The Hall–Kier alpha value is -2.02. The summed E-state index contributed by atoms with van der Waals surface area (Å²) >= 11 is 17.7. The van der Waals surface area contributed by atoms with E-state index in [1.54, 1.807) is 35.4 Å². The SMILES string of the molecule is O=C(Cn1cc(Cl)cn1)Nc1cnn(Cc2ccc(Cl)c(Cl)c2)c1. The lowest BCUT2D eigenvalue weighted by Crippen LogP contribution is -2.18. The molecule has 9 heteroatoms. The zero-order valence-corrected chi connectivity index (χ0v) is 14.6. The van der Waals surface area contributed by atoms with Crippen LogP contribution in [0.4, 0.5) is 5.69 Å². The third kappa shape index (κ3) is 4.29. The van der Waals surface area contributed by atoms with Crippen molar-refractivity contribution in [2.45, 2.75) is 13.1 Å². The van der Waals surface area contributed by atoms with Gasteiger partial charge in [-0.25, -0.2) is 0 Å². The number of aromatic nitrogens is 4. The van der Waals surface area contributed by atoms with Gasteiger partial charge in [0, 0.05) is 12.4 Å². The first-order valence-corrected chi connectivity index (χ1v) is 8.07. The van der Waals surface area contributed by atoms with Crippen LogP contribution in [-0.2, 0) is 17.9 Å². The lowest BCUT2D eigenvalue weighted by molar-refractivity contribution is -0.116. The van der Waals surface area contributed by atoms with Gasteiger partial charge in [0.1, 0.15) is 6.54 Å². The predicted octanol–water partition coefficient (Wildman–Crippen LogP) is 3.73. The first-order valence-electron chi connectivity index (χ1n) is 6.94. The molecule has 0 bridgehead atoms. The van der Waals surface area contributed by atoms with Crippen LogP contribution in [0.5, 0.6) is 0 Å². The van der Waals surface area contributed by atoms with Crippen molar-refractivity contribution in [2.24, 2.45) is 0 Å². The normalized spacial score (nSPS) is 10.8. The Labute approximate surface area is 152 Å². The number of rotatable bonds is 5. The van der Waals surface area contributed by atoms with Gasteiger partial charge in [-0.1, -0.05) is 40.9 Å². The van der Waals surface area contributed by atoms with Crippen molar-refractivity contribution >= 4 is 46.4 Å². The van der Waals surface area contributed by atoms with Gasteiger partial charge in [-0.3, -0.25) is 14.2 Å². The molecular formula is C15H12Cl3N5O. The molecule has 3 aromatic rings. The Balaban J connectivity index is 1.60. The van der Waals surface area contributed by atoms with Crippen LogP contribution < -0.4 is 5.32 Å². The summed E-state index contributed by atoms with van der Waals surface area (Å²) in [6.07, 6.45) is 6.36. The van der Waals surface area contributed by atoms with E-state index in [4.69, 9.17) is 34.8 Å². The fourth-order valence-corrected chi connectivity index (χ4v) is 2.59. The summed E-state index contributed by atoms with van der Waals surface area (Å²) in [5.41, 5.74) is 1.55. The molecule has 0 aliphatic heterocycles.